The molecule has 0 aliphatic carbocycles. The fraction of sp³-hybridized carbons (Fsp3) is 0.263. The Bertz CT molecular complexity index is 1130. The maximum absolute atomic E-state index is 13.2. The number of pyridine rings is 1. The molecular formula is C19H16ClF3N4O2. The topological polar surface area (TPSA) is 72.9 Å². The van der Waals surface area contributed by atoms with E-state index >= 15 is 0 Å². The predicted molar refractivity (Wildman–Crippen MR) is 102 cm³/mol. The fourth-order valence-electron chi connectivity index (χ4n) is 3.43. The van der Waals surface area contributed by atoms with E-state index < -0.39 is 11.7 Å². The van der Waals surface area contributed by atoms with Gasteiger partial charge in [0, 0.05) is 24.8 Å². The molecule has 152 valence electrons. The van der Waals surface area contributed by atoms with Crippen molar-refractivity contribution >= 4 is 28.8 Å². The Kier molecular flexibility index (Phi) is 4.66. The van der Waals surface area contributed by atoms with Crippen LogP contribution in [-0.4, -0.2) is 28.4 Å². The van der Waals surface area contributed by atoms with Gasteiger partial charge in [0.2, 0.25) is 0 Å². The summed E-state index contributed by atoms with van der Waals surface area (Å²) < 4.78 is 46.3. The van der Waals surface area contributed by atoms with Gasteiger partial charge < -0.3 is 19.8 Å². The van der Waals surface area contributed by atoms with E-state index in [9.17, 15) is 18.0 Å². The van der Waals surface area contributed by atoms with E-state index in [-0.39, 0.29) is 29.7 Å². The summed E-state index contributed by atoms with van der Waals surface area (Å²) in [6.45, 7) is 2.19. The lowest BCUT2D eigenvalue weighted by atomic mass is 10.1. The molecule has 0 saturated carbocycles. The van der Waals surface area contributed by atoms with Crippen LogP contribution in [0.25, 0.3) is 16.9 Å². The van der Waals surface area contributed by atoms with Gasteiger partial charge in [0.1, 0.15) is 5.75 Å². The summed E-state index contributed by atoms with van der Waals surface area (Å²) in [5.74, 6) is 0.370. The number of ether oxygens (including phenoxy) is 1. The second-order valence-electron chi connectivity index (χ2n) is 6.49. The number of hydrogen-bond acceptors (Lipinski definition) is 4. The second-order valence-corrected chi connectivity index (χ2v) is 6.90. The lowest BCUT2D eigenvalue weighted by Crippen LogP contribution is -2.38. The van der Waals surface area contributed by atoms with E-state index in [1.54, 1.807) is 23.1 Å². The van der Waals surface area contributed by atoms with E-state index in [4.69, 9.17) is 22.1 Å². The Hall–Kier alpha value is -2.78. The molecule has 0 spiro atoms. The number of halogens is 4. The first-order valence-corrected chi connectivity index (χ1v) is 9.17. The van der Waals surface area contributed by atoms with Crippen molar-refractivity contribution < 1.29 is 22.7 Å². The average Bonchev–Trinajstić information content (AvgIpc) is 3.06. The molecule has 29 heavy (non-hydrogen) atoms. The highest BCUT2D eigenvalue weighted by atomic mass is 35.5. The Morgan fingerprint density at radius 2 is 2.07 bits per heavy atom. The largest absolute Gasteiger partial charge is 0.482 e. The Labute approximate surface area is 168 Å². The molecule has 1 aromatic carbocycles. The Balaban J connectivity index is 1.92. The molecule has 0 unspecified atom stereocenters. The maximum Gasteiger partial charge on any atom is 0.417 e. The number of imidazole rings is 1. The molecular weight excluding hydrogens is 409 g/mol. The van der Waals surface area contributed by atoms with E-state index in [0.717, 1.165) is 12.3 Å². The minimum atomic E-state index is -4.56. The third kappa shape index (κ3) is 3.20. The fourth-order valence-corrected chi connectivity index (χ4v) is 3.68. The van der Waals surface area contributed by atoms with Crippen molar-refractivity contribution in [1.82, 2.24) is 9.38 Å². The first-order chi connectivity index (χ1) is 13.7. The number of fused-ring (bicyclic) bond motifs is 2. The lowest BCUT2D eigenvalue weighted by Gasteiger charge is -2.28. The van der Waals surface area contributed by atoms with Crippen molar-refractivity contribution in [2.75, 3.05) is 18.1 Å². The van der Waals surface area contributed by atoms with Crippen molar-refractivity contribution in [2.45, 2.75) is 19.6 Å². The van der Waals surface area contributed by atoms with E-state index in [1.165, 1.54) is 4.40 Å². The number of alkyl halides is 3. The third-order valence-corrected chi connectivity index (χ3v) is 5.06. The number of nitrogens with two attached hydrogens (primary N) is 1. The molecule has 10 heteroatoms. The van der Waals surface area contributed by atoms with Crippen molar-refractivity contribution in [3.63, 3.8) is 0 Å². The SMILES string of the molecule is CCN1C(=O)COc2ccc(-c3nc4c(Cl)cc(C(F)(F)F)cn4c3CN)cc21. The molecule has 3 aromatic rings. The minimum Gasteiger partial charge on any atom is -0.482 e. The van der Waals surface area contributed by atoms with Gasteiger partial charge >= 0.3 is 6.18 Å². The number of rotatable bonds is 3. The van der Waals surface area contributed by atoms with Crippen LogP contribution in [0.15, 0.2) is 30.5 Å². The molecule has 4 rings (SSSR count). The van der Waals surface area contributed by atoms with E-state index in [1.807, 2.05) is 6.92 Å². The highest BCUT2D eigenvalue weighted by Gasteiger charge is 2.33. The van der Waals surface area contributed by atoms with Crippen LogP contribution < -0.4 is 15.4 Å². The summed E-state index contributed by atoms with van der Waals surface area (Å²) in [7, 11) is 0. The smallest absolute Gasteiger partial charge is 0.417 e. The molecule has 0 radical (unpaired) electrons. The summed E-state index contributed by atoms with van der Waals surface area (Å²) in [6.07, 6.45) is -3.62. The molecule has 1 amide bonds. The molecule has 3 heterocycles. The zero-order chi connectivity index (χ0) is 20.9. The Morgan fingerprint density at radius 1 is 1.31 bits per heavy atom. The van der Waals surface area contributed by atoms with Gasteiger partial charge in [-0.05, 0) is 31.2 Å². The normalized spacial score (nSPS) is 14.3. The number of likely N-dealkylation sites (N-methyl/N-ethyl adjacent to an activating group) is 1. The number of benzene rings is 1. The molecule has 1 aliphatic heterocycles. The van der Waals surface area contributed by atoms with Crippen molar-refractivity contribution in [3.05, 3.63) is 46.7 Å². The number of nitrogens with zero attached hydrogens (tertiary/aromatic N) is 3. The summed E-state index contributed by atoms with van der Waals surface area (Å²) >= 11 is 6.08. The number of hydrogen-bond donors (Lipinski definition) is 1. The zero-order valence-electron chi connectivity index (χ0n) is 15.3. The molecule has 2 N–H and O–H groups in total. The Morgan fingerprint density at radius 3 is 2.72 bits per heavy atom. The highest BCUT2D eigenvalue weighted by molar-refractivity contribution is 6.33. The summed E-state index contributed by atoms with van der Waals surface area (Å²) in [4.78, 5) is 18.1. The van der Waals surface area contributed by atoms with E-state index in [0.29, 0.717) is 34.9 Å². The monoisotopic (exact) mass is 424 g/mol. The quantitative estimate of drug-likeness (QED) is 0.692. The van der Waals surface area contributed by atoms with Gasteiger partial charge in [0.05, 0.1) is 27.7 Å². The molecule has 0 bridgehead atoms. The number of aromatic nitrogens is 2. The summed E-state index contributed by atoms with van der Waals surface area (Å²) in [5.41, 5.74) is 7.06. The van der Waals surface area contributed by atoms with Crippen LogP contribution in [0, 0.1) is 0 Å². The summed E-state index contributed by atoms with van der Waals surface area (Å²) in [5, 5.41) is -0.132. The van der Waals surface area contributed by atoms with Crippen LogP contribution in [0.3, 0.4) is 0 Å². The van der Waals surface area contributed by atoms with Gasteiger partial charge in [0.25, 0.3) is 5.91 Å². The number of carbonyl (C=O) groups is 1. The molecule has 0 fully saturated rings. The molecule has 2 aromatic heterocycles. The van der Waals surface area contributed by atoms with Crippen LogP contribution in [0.1, 0.15) is 18.2 Å². The van der Waals surface area contributed by atoms with Gasteiger partial charge in [0.15, 0.2) is 12.3 Å². The van der Waals surface area contributed by atoms with Gasteiger partial charge in [-0.2, -0.15) is 13.2 Å². The van der Waals surface area contributed by atoms with Gasteiger partial charge in [-0.3, -0.25) is 4.79 Å². The maximum atomic E-state index is 13.2. The number of anilines is 1. The highest BCUT2D eigenvalue weighted by Crippen LogP contribution is 2.38. The second kappa shape index (κ2) is 6.93. The van der Waals surface area contributed by atoms with Crippen molar-refractivity contribution in [1.29, 1.82) is 0 Å². The molecule has 1 aliphatic rings. The van der Waals surface area contributed by atoms with Gasteiger partial charge in [-0.25, -0.2) is 4.98 Å². The number of amides is 1. The van der Waals surface area contributed by atoms with Crippen molar-refractivity contribution in [2.24, 2.45) is 5.73 Å². The first kappa shape index (κ1) is 19.5. The first-order valence-electron chi connectivity index (χ1n) is 8.80. The van der Waals surface area contributed by atoms with Crippen LogP contribution >= 0.6 is 11.6 Å². The molecule has 0 atom stereocenters. The van der Waals surface area contributed by atoms with E-state index in [2.05, 4.69) is 4.98 Å². The molecule has 6 nitrogen and oxygen atoms in total. The standard InChI is InChI=1S/C19H16ClF3N4O2/c1-2-26-13-5-10(3-4-15(13)29-9-16(26)28)17-14(7-24)27-8-11(19(21,22)23)6-12(20)18(27)25-17/h3-6,8H,2,7,9,24H2,1H3. The van der Waals surface area contributed by atoms with Crippen LogP contribution in [0.4, 0.5) is 18.9 Å². The van der Waals surface area contributed by atoms with Crippen molar-refractivity contribution in [3.8, 4) is 17.0 Å². The minimum absolute atomic E-state index is 0.0432. The zero-order valence-corrected chi connectivity index (χ0v) is 16.0. The van der Waals surface area contributed by atoms with Gasteiger partial charge in [-0.15, -0.1) is 0 Å². The van der Waals surface area contributed by atoms with Gasteiger partial charge in [-0.1, -0.05) is 11.6 Å². The number of carbonyl (C=O) groups excluding carboxylic acids is 1. The van der Waals surface area contributed by atoms with Crippen LogP contribution in [-0.2, 0) is 17.5 Å². The third-order valence-electron chi connectivity index (χ3n) is 4.79. The lowest BCUT2D eigenvalue weighted by molar-refractivity contribution is -0.137. The molecule has 0 saturated heterocycles. The van der Waals surface area contributed by atoms with Crippen LogP contribution in [0.5, 0.6) is 5.75 Å². The predicted octanol–water partition coefficient (Wildman–Crippen LogP) is 3.88. The van der Waals surface area contributed by atoms with Crippen LogP contribution in [0.2, 0.25) is 5.02 Å². The average molecular weight is 425 g/mol. The summed E-state index contributed by atoms with van der Waals surface area (Å²) in [6, 6.07) is 5.98.